The van der Waals surface area contributed by atoms with E-state index < -0.39 is 6.10 Å². The Morgan fingerprint density at radius 1 is 0.284 bits per heavy atom. The molecule has 0 aromatic carbocycles. The first-order valence-electron chi connectivity index (χ1n) is 29.5. The summed E-state index contributed by atoms with van der Waals surface area (Å²) in [5, 5.41) is 0. The molecule has 6 heteroatoms. The molecule has 392 valence electrons. The topological polar surface area (TPSA) is 78.9 Å². The normalized spacial score (nSPS) is 12.2. The summed E-state index contributed by atoms with van der Waals surface area (Å²) in [5.41, 5.74) is 0. The van der Waals surface area contributed by atoms with Gasteiger partial charge >= 0.3 is 17.9 Å². The number of esters is 3. The Labute approximate surface area is 416 Å². The SMILES string of the molecule is CCCCCC/C=C\CCCCCCCCCC(=O)OC[C@@H](COC(=O)CCCCCCC/C=C\CCCCCCCC)OC(=O)CCCCCCCCCCC/C=C\CCCCCCCC. The van der Waals surface area contributed by atoms with E-state index in [1.54, 1.807) is 0 Å². The van der Waals surface area contributed by atoms with Crippen LogP contribution in [0.1, 0.15) is 316 Å². The van der Waals surface area contributed by atoms with Gasteiger partial charge in [0.2, 0.25) is 0 Å². The van der Waals surface area contributed by atoms with E-state index in [1.165, 1.54) is 212 Å². The van der Waals surface area contributed by atoms with E-state index in [4.69, 9.17) is 14.2 Å². The Kier molecular flexibility index (Phi) is 54.2. The Balaban J connectivity index is 4.36. The molecule has 0 rings (SSSR count). The highest BCUT2D eigenvalue weighted by Crippen LogP contribution is 2.16. The molecule has 1 atom stereocenters. The highest BCUT2D eigenvalue weighted by Gasteiger charge is 2.19. The largest absolute Gasteiger partial charge is 0.462 e. The zero-order valence-corrected chi connectivity index (χ0v) is 44.9. The number of hydrogen-bond acceptors (Lipinski definition) is 6. The molecule has 0 aromatic heterocycles. The fraction of sp³-hybridized carbons (Fsp3) is 0.852. The Morgan fingerprint density at radius 2 is 0.493 bits per heavy atom. The van der Waals surface area contributed by atoms with E-state index in [1.807, 2.05) is 0 Å². The molecule has 0 fully saturated rings. The number of carbonyl (C=O) groups excluding carboxylic acids is 3. The number of hydrogen-bond donors (Lipinski definition) is 0. The van der Waals surface area contributed by atoms with E-state index in [0.29, 0.717) is 19.3 Å². The first-order valence-corrected chi connectivity index (χ1v) is 29.5. The molecule has 0 saturated carbocycles. The molecular weight excluding hydrogens is 829 g/mol. The molecule has 67 heavy (non-hydrogen) atoms. The van der Waals surface area contributed by atoms with E-state index >= 15 is 0 Å². The molecule has 0 saturated heterocycles. The van der Waals surface area contributed by atoms with Gasteiger partial charge in [0.05, 0.1) is 0 Å². The summed E-state index contributed by atoms with van der Waals surface area (Å²) in [5.74, 6) is -0.874. The lowest BCUT2D eigenvalue weighted by Crippen LogP contribution is -2.30. The van der Waals surface area contributed by atoms with Crippen LogP contribution in [-0.2, 0) is 28.6 Å². The van der Waals surface area contributed by atoms with Gasteiger partial charge in [0.25, 0.3) is 0 Å². The zero-order valence-electron chi connectivity index (χ0n) is 44.9. The summed E-state index contributed by atoms with van der Waals surface area (Å²) in [7, 11) is 0. The highest BCUT2D eigenvalue weighted by molar-refractivity contribution is 5.71. The Bertz CT molecular complexity index is 1130. The fourth-order valence-corrected chi connectivity index (χ4v) is 8.60. The van der Waals surface area contributed by atoms with E-state index in [2.05, 4.69) is 57.2 Å². The minimum atomic E-state index is -0.777. The first kappa shape index (κ1) is 64.6. The van der Waals surface area contributed by atoms with Crippen LogP contribution in [-0.4, -0.2) is 37.2 Å². The third-order valence-electron chi connectivity index (χ3n) is 13.1. The summed E-state index contributed by atoms with van der Waals surface area (Å²) in [6.45, 7) is 6.64. The van der Waals surface area contributed by atoms with Gasteiger partial charge in [-0.05, 0) is 96.3 Å². The van der Waals surface area contributed by atoms with Gasteiger partial charge in [0, 0.05) is 19.3 Å². The van der Waals surface area contributed by atoms with Crippen molar-refractivity contribution in [2.24, 2.45) is 0 Å². The van der Waals surface area contributed by atoms with Crippen molar-refractivity contribution in [2.45, 2.75) is 322 Å². The smallest absolute Gasteiger partial charge is 0.306 e. The van der Waals surface area contributed by atoms with Crippen LogP contribution < -0.4 is 0 Å². The van der Waals surface area contributed by atoms with Crippen molar-refractivity contribution < 1.29 is 28.6 Å². The van der Waals surface area contributed by atoms with Gasteiger partial charge < -0.3 is 14.2 Å². The zero-order chi connectivity index (χ0) is 48.6. The van der Waals surface area contributed by atoms with E-state index in [-0.39, 0.29) is 31.1 Å². The predicted octanol–water partition coefficient (Wildman–Crippen LogP) is 19.7. The lowest BCUT2D eigenvalue weighted by Gasteiger charge is -2.18. The van der Waals surface area contributed by atoms with Gasteiger partial charge in [-0.2, -0.15) is 0 Å². The summed E-state index contributed by atoms with van der Waals surface area (Å²) >= 11 is 0. The monoisotopic (exact) mass is 941 g/mol. The van der Waals surface area contributed by atoms with Crippen molar-refractivity contribution in [2.75, 3.05) is 13.2 Å². The minimum Gasteiger partial charge on any atom is -0.462 e. The van der Waals surface area contributed by atoms with Crippen LogP contribution in [0.15, 0.2) is 36.5 Å². The van der Waals surface area contributed by atoms with Crippen molar-refractivity contribution in [3.05, 3.63) is 36.5 Å². The van der Waals surface area contributed by atoms with Gasteiger partial charge in [-0.1, -0.05) is 237 Å². The second-order valence-corrected chi connectivity index (χ2v) is 19.9. The quantitative estimate of drug-likeness (QED) is 0.0262. The number of ether oxygens (including phenoxy) is 3. The fourth-order valence-electron chi connectivity index (χ4n) is 8.60. The van der Waals surface area contributed by atoms with Crippen LogP contribution in [0, 0.1) is 0 Å². The maximum absolute atomic E-state index is 12.9. The lowest BCUT2D eigenvalue weighted by molar-refractivity contribution is -0.167. The molecule has 0 radical (unpaired) electrons. The number of allylic oxidation sites excluding steroid dienone is 6. The highest BCUT2D eigenvalue weighted by atomic mass is 16.6. The maximum Gasteiger partial charge on any atom is 0.306 e. The average molecular weight is 942 g/mol. The molecule has 6 nitrogen and oxygen atoms in total. The van der Waals surface area contributed by atoms with Crippen LogP contribution in [0.2, 0.25) is 0 Å². The van der Waals surface area contributed by atoms with Gasteiger partial charge in [-0.15, -0.1) is 0 Å². The van der Waals surface area contributed by atoms with Crippen LogP contribution in [0.5, 0.6) is 0 Å². The lowest BCUT2D eigenvalue weighted by atomic mass is 10.1. The molecule has 0 aliphatic heterocycles. The van der Waals surface area contributed by atoms with Crippen molar-refractivity contribution in [3.63, 3.8) is 0 Å². The number of carbonyl (C=O) groups is 3. The molecule has 0 spiro atoms. The van der Waals surface area contributed by atoms with Crippen LogP contribution in [0.3, 0.4) is 0 Å². The van der Waals surface area contributed by atoms with Gasteiger partial charge in [0.1, 0.15) is 13.2 Å². The first-order chi connectivity index (χ1) is 33.0. The molecule has 0 unspecified atom stereocenters. The van der Waals surface area contributed by atoms with Crippen LogP contribution >= 0.6 is 0 Å². The third-order valence-corrected chi connectivity index (χ3v) is 13.1. The minimum absolute atomic E-state index is 0.0755. The number of rotatable bonds is 54. The summed E-state index contributed by atoms with van der Waals surface area (Å²) < 4.78 is 16.9. The van der Waals surface area contributed by atoms with Gasteiger partial charge in [-0.3, -0.25) is 14.4 Å². The molecule has 0 bridgehead atoms. The van der Waals surface area contributed by atoms with Gasteiger partial charge in [-0.25, -0.2) is 0 Å². The van der Waals surface area contributed by atoms with Crippen molar-refractivity contribution in [1.29, 1.82) is 0 Å². The Morgan fingerprint density at radius 3 is 0.761 bits per heavy atom. The molecule has 0 aromatic rings. The summed E-state index contributed by atoms with van der Waals surface area (Å²) in [6.07, 6.45) is 67.0. The van der Waals surface area contributed by atoms with Crippen LogP contribution in [0.25, 0.3) is 0 Å². The van der Waals surface area contributed by atoms with Crippen molar-refractivity contribution in [3.8, 4) is 0 Å². The number of unbranched alkanes of at least 4 members (excludes halogenated alkanes) is 37. The predicted molar refractivity (Wildman–Crippen MR) is 289 cm³/mol. The second kappa shape index (κ2) is 56.2. The molecule has 0 heterocycles. The van der Waals surface area contributed by atoms with E-state index in [9.17, 15) is 14.4 Å². The molecule has 0 aliphatic rings. The third kappa shape index (κ3) is 54.4. The molecular formula is C61H112O6. The molecule has 0 N–H and O–H groups in total. The molecule has 0 amide bonds. The second-order valence-electron chi connectivity index (χ2n) is 19.9. The van der Waals surface area contributed by atoms with Crippen LogP contribution in [0.4, 0.5) is 0 Å². The Hall–Kier alpha value is -2.37. The standard InChI is InChI=1S/C61H112O6/c1-4-7-10-13-16-19-22-25-28-29-30-31-34-37-40-43-46-49-52-55-61(64)67-58(56-65-59(62)53-50-47-44-41-38-35-32-26-23-20-17-14-11-8-5-2)57-66-60(63)54-51-48-45-42-39-36-33-27-24-21-18-15-12-9-6-3/h20,23,25,27-28,33,58H,4-19,21-22,24,26,29-32,34-57H2,1-3H3/b23-20-,28-25-,33-27-/t58-/m0/s1. The summed E-state index contributed by atoms with van der Waals surface area (Å²) in [4.78, 5) is 38.2. The van der Waals surface area contributed by atoms with Gasteiger partial charge in [0.15, 0.2) is 6.10 Å². The van der Waals surface area contributed by atoms with E-state index in [0.717, 1.165) is 64.2 Å². The van der Waals surface area contributed by atoms with Crippen molar-refractivity contribution >= 4 is 17.9 Å². The average Bonchev–Trinajstić information content (AvgIpc) is 3.33. The van der Waals surface area contributed by atoms with Crippen molar-refractivity contribution in [1.82, 2.24) is 0 Å². The maximum atomic E-state index is 12.9. The molecule has 0 aliphatic carbocycles. The summed E-state index contributed by atoms with van der Waals surface area (Å²) in [6, 6.07) is 0.